The second-order valence-electron chi connectivity index (χ2n) is 10.2. The maximum absolute atomic E-state index is 13.7. The number of rotatable bonds is 34. The molecule has 48 heavy (non-hydrogen) atoms. The lowest BCUT2D eigenvalue weighted by Crippen LogP contribution is -2.52. The van der Waals surface area contributed by atoms with E-state index in [0.29, 0.717) is 52.9 Å². The molecule has 0 spiro atoms. The lowest BCUT2D eigenvalue weighted by molar-refractivity contribution is -0.167. The van der Waals surface area contributed by atoms with Gasteiger partial charge in [-0.15, -0.1) is 0 Å². The first-order valence-corrected chi connectivity index (χ1v) is 16.7. The summed E-state index contributed by atoms with van der Waals surface area (Å²) in [6.07, 6.45) is -2.72. The summed E-state index contributed by atoms with van der Waals surface area (Å²) in [5.41, 5.74) is -2.36. The van der Waals surface area contributed by atoms with Crippen molar-refractivity contribution < 1.29 is 76.4 Å². The molecule has 1 aliphatic rings. The van der Waals surface area contributed by atoms with Crippen molar-refractivity contribution in [1.29, 1.82) is 0 Å². The summed E-state index contributed by atoms with van der Waals surface area (Å²) in [5.74, 6) is -5.90. The molecule has 0 aromatic carbocycles. The SMILES string of the molecule is CCOCCOCCC(=O)OCC(OC(=O)CCOCCOCC)C1(C(=O)CCOCCOCC)OC1(O)C(=O)CCOCCOCC. The largest absolute Gasteiger partial charge is 0.462 e. The molecule has 1 fully saturated rings. The molecule has 0 radical (unpaired) electrons. The van der Waals surface area contributed by atoms with Crippen molar-refractivity contribution >= 4 is 23.5 Å². The van der Waals surface area contributed by atoms with Crippen LogP contribution in [0.2, 0.25) is 0 Å². The number of Topliss-reactive ketones (excluding diaryl/α,β-unsaturated/α-hetero) is 2. The molecule has 3 atom stereocenters. The average Bonchev–Trinajstić information content (AvgIpc) is 3.73. The highest BCUT2D eigenvalue weighted by atomic mass is 16.8. The predicted molar refractivity (Wildman–Crippen MR) is 167 cm³/mol. The highest BCUT2D eigenvalue weighted by molar-refractivity contribution is 6.03. The van der Waals surface area contributed by atoms with Gasteiger partial charge in [0.05, 0.1) is 92.1 Å². The number of epoxide rings is 1. The van der Waals surface area contributed by atoms with Gasteiger partial charge < -0.3 is 57.2 Å². The Morgan fingerprint density at radius 3 is 1.33 bits per heavy atom. The van der Waals surface area contributed by atoms with Gasteiger partial charge in [-0.1, -0.05) is 0 Å². The molecule has 16 heteroatoms. The van der Waals surface area contributed by atoms with Crippen LogP contribution < -0.4 is 0 Å². The minimum atomic E-state index is -2.67. The van der Waals surface area contributed by atoms with Crippen LogP contribution in [0, 0.1) is 0 Å². The summed E-state index contributed by atoms with van der Waals surface area (Å²) in [4.78, 5) is 52.4. The van der Waals surface area contributed by atoms with Gasteiger partial charge in [0.25, 0.3) is 5.79 Å². The van der Waals surface area contributed by atoms with E-state index in [4.69, 9.17) is 52.1 Å². The average molecular weight is 697 g/mol. The number of aliphatic hydroxyl groups is 1. The number of carbonyl (C=O) groups is 4. The first-order valence-electron chi connectivity index (χ1n) is 16.7. The van der Waals surface area contributed by atoms with E-state index in [0.717, 1.165) is 0 Å². The Morgan fingerprint density at radius 2 is 0.896 bits per heavy atom. The minimum Gasteiger partial charge on any atom is -0.462 e. The summed E-state index contributed by atoms with van der Waals surface area (Å²) < 4.78 is 58.9. The van der Waals surface area contributed by atoms with E-state index in [-0.39, 0.29) is 78.5 Å². The van der Waals surface area contributed by atoms with E-state index in [1.54, 1.807) is 0 Å². The molecule has 0 saturated carbocycles. The third-order valence-corrected chi connectivity index (χ3v) is 6.84. The Hall–Kier alpha value is -2.12. The smallest absolute Gasteiger partial charge is 0.308 e. The van der Waals surface area contributed by atoms with Gasteiger partial charge in [-0.3, -0.25) is 19.2 Å². The minimum absolute atomic E-state index is 0.0286. The molecule has 1 N–H and O–H groups in total. The van der Waals surface area contributed by atoms with Crippen LogP contribution in [0.15, 0.2) is 0 Å². The quantitative estimate of drug-likeness (QED) is 0.0564. The molecule has 1 rings (SSSR count). The van der Waals surface area contributed by atoms with Gasteiger partial charge in [0.1, 0.15) is 6.61 Å². The van der Waals surface area contributed by atoms with Crippen LogP contribution in [0.1, 0.15) is 53.4 Å². The van der Waals surface area contributed by atoms with E-state index in [1.165, 1.54) is 0 Å². The lowest BCUT2D eigenvalue weighted by atomic mass is 9.86. The van der Waals surface area contributed by atoms with Gasteiger partial charge in [-0.05, 0) is 27.7 Å². The van der Waals surface area contributed by atoms with Gasteiger partial charge in [0.2, 0.25) is 5.60 Å². The van der Waals surface area contributed by atoms with Crippen molar-refractivity contribution in [2.75, 3.05) is 112 Å². The maximum atomic E-state index is 13.7. The predicted octanol–water partition coefficient (Wildman–Crippen LogP) is 0.810. The molecule has 3 unspecified atom stereocenters. The fourth-order valence-corrected chi connectivity index (χ4v) is 4.33. The van der Waals surface area contributed by atoms with Crippen LogP contribution >= 0.6 is 0 Å². The fraction of sp³-hybridized carbons (Fsp3) is 0.875. The molecule has 280 valence electrons. The Balaban J connectivity index is 3.07. The molecular formula is C32H56O16. The Morgan fingerprint density at radius 1 is 0.521 bits per heavy atom. The summed E-state index contributed by atoms with van der Waals surface area (Å²) in [6, 6.07) is 0. The van der Waals surface area contributed by atoms with Crippen molar-refractivity contribution in [3.63, 3.8) is 0 Å². The Labute approximate surface area is 283 Å². The zero-order valence-corrected chi connectivity index (χ0v) is 29.0. The van der Waals surface area contributed by atoms with E-state index in [9.17, 15) is 24.3 Å². The Bertz CT molecular complexity index is 901. The van der Waals surface area contributed by atoms with Crippen LogP contribution in [-0.4, -0.2) is 158 Å². The summed E-state index contributed by atoms with van der Waals surface area (Å²) in [5, 5.41) is 11.4. The highest BCUT2D eigenvalue weighted by Gasteiger charge is 2.82. The molecule has 0 aromatic rings. The molecular weight excluding hydrogens is 640 g/mol. The van der Waals surface area contributed by atoms with E-state index in [1.807, 2.05) is 27.7 Å². The summed E-state index contributed by atoms with van der Waals surface area (Å²) >= 11 is 0. The van der Waals surface area contributed by atoms with Gasteiger partial charge in [-0.2, -0.15) is 0 Å². The topological polar surface area (TPSA) is 193 Å². The number of hydrogen-bond acceptors (Lipinski definition) is 16. The monoisotopic (exact) mass is 696 g/mol. The second kappa shape index (κ2) is 26.7. The normalized spacial score (nSPS) is 19.2. The van der Waals surface area contributed by atoms with Crippen molar-refractivity contribution in [2.24, 2.45) is 0 Å². The van der Waals surface area contributed by atoms with Crippen molar-refractivity contribution in [3.8, 4) is 0 Å². The van der Waals surface area contributed by atoms with E-state index < -0.39 is 47.6 Å². The van der Waals surface area contributed by atoms with E-state index >= 15 is 0 Å². The molecule has 0 aromatic heterocycles. The van der Waals surface area contributed by atoms with Crippen LogP contribution in [0.3, 0.4) is 0 Å². The number of esters is 2. The molecule has 0 bridgehead atoms. The number of hydrogen-bond donors (Lipinski definition) is 1. The van der Waals surface area contributed by atoms with Crippen LogP contribution in [-0.2, 0) is 71.3 Å². The highest BCUT2D eigenvalue weighted by Crippen LogP contribution is 2.52. The Kier molecular flexibility index (Phi) is 24.4. The molecule has 0 amide bonds. The first kappa shape index (κ1) is 43.9. The van der Waals surface area contributed by atoms with Crippen molar-refractivity contribution in [3.05, 3.63) is 0 Å². The van der Waals surface area contributed by atoms with E-state index in [2.05, 4.69) is 0 Å². The van der Waals surface area contributed by atoms with Crippen LogP contribution in [0.25, 0.3) is 0 Å². The van der Waals surface area contributed by atoms with Gasteiger partial charge in [0.15, 0.2) is 17.7 Å². The summed E-state index contributed by atoms with van der Waals surface area (Å²) in [7, 11) is 0. The lowest BCUT2D eigenvalue weighted by Gasteiger charge is -2.25. The van der Waals surface area contributed by atoms with Gasteiger partial charge >= 0.3 is 11.9 Å². The third kappa shape index (κ3) is 16.5. The maximum Gasteiger partial charge on any atom is 0.308 e. The van der Waals surface area contributed by atoms with Gasteiger partial charge in [-0.25, -0.2) is 0 Å². The van der Waals surface area contributed by atoms with Crippen LogP contribution in [0.4, 0.5) is 0 Å². The molecule has 16 nitrogen and oxygen atoms in total. The van der Waals surface area contributed by atoms with Crippen molar-refractivity contribution in [2.45, 2.75) is 70.9 Å². The molecule has 1 aliphatic heterocycles. The number of ketones is 2. The second-order valence-corrected chi connectivity index (χ2v) is 10.2. The standard InChI is InChI=1S/C32H56O16/c1-5-38-17-21-42-13-9-26(33)31(32(37,48-31)27(34)10-14-43-22-18-39-6-2)28(47-30(36)12-16-45-24-20-41-8-4)25-46-29(35)11-15-44-23-19-40-7-3/h28,37H,5-25H2,1-4H3. The van der Waals surface area contributed by atoms with Crippen molar-refractivity contribution in [1.82, 2.24) is 0 Å². The summed E-state index contributed by atoms with van der Waals surface area (Å²) in [6.45, 7) is 10.7. The molecule has 0 aliphatic carbocycles. The van der Waals surface area contributed by atoms with Crippen LogP contribution in [0.5, 0.6) is 0 Å². The number of carbonyl (C=O) groups excluding carboxylic acids is 4. The number of ether oxygens (including phenoxy) is 11. The van der Waals surface area contributed by atoms with Gasteiger partial charge in [0, 0.05) is 39.3 Å². The zero-order chi connectivity index (χ0) is 35.5. The first-order chi connectivity index (χ1) is 23.2. The molecule has 1 saturated heterocycles. The third-order valence-electron chi connectivity index (χ3n) is 6.84. The zero-order valence-electron chi connectivity index (χ0n) is 29.0. The fourth-order valence-electron chi connectivity index (χ4n) is 4.33. The molecule has 1 heterocycles.